The van der Waals surface area contributed by atoms with Crippen molar-refractivity contribution >= 4 is 15.9 Å². The van der Waals surface area contributed by atoms with Crippen LogP contribution in [-0.4, -0.2) is 23.2 Å². The van der Waals surface area contributed by atoms with Crippen LogP contribution in [0.4, 0.5) is 0 Å². The van der Waals surface area contributed by atoms with Crippen LogP contribution in [0.2, 0.25) is 0 Å². The van der Waals surface area contributed by atoms with Gasteiger partial charge in [0.2, 0.25) is 0 Å². The lowest BCUT2D eigenvalue weighted by Gasteiger charge is -2.23. The van der Waals surface area contributed by atoms with Crippen molar-refractivity contribution in [3.63, 3.8) is 0 Å². The molecule has 0 unspecified atom stereocenters. The van der Waals surface area contributed by atoms with Crippen LogP contribution >= 0.6 is 15.9 Å². The number of pyridine rings is 1. The average Bonchev–Trinajstić information content (AvgIpc) is 2.17. The van der Waals surface area contributed by atoms with Crippen molar-refractivity contribution in [1.29, 1.82) is 0 Å². The van der Waals surface area contributed by atoms with E-state index in [1.807, 2.05) is 18.2 Å². The molecule has 1 aromatic heterocycles. The molecule has 0 saturated carbocycles. The van der Waals surface area contributed by atoms with Gasteiger partial charge in [-0.3, -0.25) is 0 Å². The molecule has 4 heteroatoms. The van der Waals surface area contributed by atoms with Crippen molar-refractivity contribution in [1.82, 2.24) is 10.3 Å². The van der Waals surface area contributed by atoms with Gasteiger partial charge in [0.15, 0.2) is 0 Å². The van der Waals surface area contributed by atoms with Gasteiger partial charge in [-0.2, -0.15) is 0 Å². The van der Waals surface area contributed by atoms with Gasteiger partial charge in [0.1, 0.15) is 4.60 Å². The number of hydrogen-bond acceptors (Lipinski definition) is 3. The van der Waals surface area contributed by atoms with Crippen molar-refractivity contribution in [3.8, 4) is 0 Å². The molecule has 0 aliphatic heterocycles. The van der Waals surface area contributed by atoms with Crippen LogP contribution in [0, 0.1) is 5.41 Å². The van der Waals surface area contributed by atoms with E-state index in [2.05, 4.69) is 40.1 Å². The molecular formula is C12H19BrN2O. The Balaban J connectivity index is 2.35. The lowest BCUT2D eigenvalue weighted by atomic mass is 9.90. The summed E-state index contributed by atoms with van der Waals surface area (Å²) >= 11 is 3.35. The van der Waals surface area contributed by atoms with Crippen LogP contribution in [0.3, 0.4) is 0 Å². The fourth-order valence-corrected chi connectivity index (χ4v) is 1.85. The maximum atomic E-state index is 8.91. The molecule has 0 saturated heterocycles. The molecule has 0 radical (unpaired) electrons. The summed E-state index contributed by atoms with van der Waals surface area (Å²) in [6.07, 6.45) is 0.811. The van der Waals surface area contributed by atoms with E-state index >= 15 is 0 Å². The fourth-order valence-electron chi connectivity index (χ4n) is 1.47. The Bertz CT molecular complexity index is 329. The Morgan fingerprint density at radius 2 is 2.19 bits per heavy atom. The molecule has 1 heterocycles. The molecule has 0 amide bonds. The number of aromatic nitrogens is 1. The third-order valence-corrected chi connectivity index (χ3v) is 2.91. The highest BCUT2D eigenvalue weighted by molar-refractivity contribution is 9.10. The minimum atomic E-state index is 0.126. The van der Waals surface area contributed by atoms with Gasteiger partial charge >= 0.3 is 0 Å². The molecule has 2 N–H and O–H groups in total. The van der Waals surface area contributed by atoms with E-state index in [-0.39, 0.29) is 12.0 Å². The normalized spacial score (nSPS) is 11.8. The van der Waals surface area contributed by atoms with Crippen LogP contribution in [0.15, 0.2) is 22.8 Å². The van der Waals surface area contributed by atoms with Crippen molar-refractivity contribution < 1.29 is 5.11 Å². The highest BCUT2D eigenvalue weighted by Gasteiger charge is 2.16. The molecule has 90 valence electrons. The van der Waals surface area contributed by atoms with Crippen molar-refractivity contribution in [3.05, 3.63) is 28.5 Å². The van der Waals surface area contributed by atoms with E-state index in [0.717, 1.165) is 29.8 Å². The van der Waals surface area contributed by atoms with Crippen LogP contribution in [0.1, 0.15) is 26.0 Å². The van der Waals surface area contributed by atoms with Gasteiger partial charge < -0.3 is 10.4 Å². The first-order valence-electron chi connectivity index (χ1n) is 5.46. The molecule has 0 aliphatic rings. The summed E-state index contributed by atoms with van der Waals surface area (Å²) < 4.78 is 0.862. The van der Waals surface area contributed by atoms with Gasteiger partial charge in [0.25, 0.3) is 0 Å². The van der Waals surface area contributed by atoms with Crippen LogP contribution in [-0.2, 0) is 6.54 Å². The van der Waals surface area contributed by atoms with E-state index in [1.54, 1.807) is 0 Å². The molecule has 0 atom stereocenters. The first kappa shape index (κ1) is 13.6. The van der Waals surface area contributed by atoms with Gasteiger partial charge in [-0.15, -0.1) is 0 Å². The predicted octanol–water partition coefficient (Wildman–Crippen LogP) is 2.34. The maximum Gasteiger partial charge on any atom is 0.106 e. The number of aliphatic hydroxyl groups excluding tert-OH is 1. The Morgan fingerprint density at radius 3 is 2.81 bits per heavy atom. The summed E-state index contributed by atoms with van der Waals surface area (Å²) in [6.45, 7) is 6.16. The van der Waals surface area contributed by atoms with Gasteiger partial charge in [0.05, 0.1) is 5.69 Å². The molecule has 0 spiro atoms. The molecular weight excluding hydrogens is 268 g/mol. The number of aliphatic hydroxyl groups is 1. The minimum Gasteiger partial charge on any atom is -0.396 e. The minimum absolute atomic E-state index is 0.126. The first-order valence-corrected chi connectivity index (χ1v) is 6.26. The largest absolute Gasteiger partial charge is 0.396 e. The van der Waals surface area contributed by atoms with Gasteiger partial charge in [-0.1, -0.05) is 19.9 Å². The molecule has 0 aromatic carbocycles. The van der Waals surface area contributed by atoms with Crippen molar-refractivity contribution in [2.24, 2.45) is 5.41 Å². The zero-order valence-corrected chi connectivity index (χ0v) is 11.4. The number of nitrogens with one attached hydrogen (secondary N) is 1. The Labute approximate surface area is 105 Å². The lowest BCUT2D eigenvalue weighted by Crippen LogP contribution is -2.30. The Hall–Kier alpha value is -0.450. The third-order valence-electron chi connectivity index (χ3n) is 2.47. The van der Waals surface area contributed by atoms with Crippen LogP contribution in [0.25, 0.3) is 0 Å². The summed E-state index contributed by atoms with van der Waals surface area (Å²) in [4.78, 5) is 4.34. The zero-order chi connectivity index (χ0) is 12.0. The number of hydrogen-bond donors (Lipinski definition) is 2. The van der Waals surface area contributed by atoms with Gasteiger partial charge in [-0.05, 0) is 39.9 Å². The number of rotatable bonds is 6. The summed E-state index contributed by atoms with van der Waals surface area (Å²) in [5.74, 6) is 0. The topological polar surface area (TPSA) is 45.1 Å². The fraction of sp³-hybridized carbons (Fsp3) is 0.583. The molecule has 0 fully saturated rings. The summed E-state index contributed by atoms with van der Waals surface area (Å²) in [5.41, 5.74) is 1.15. The average molecular weight is 287 g/mol. The van der Waals surface area contributed by atoms with Crippen LogP contribution in [0.5, 0.6) is 0 Å². The quantitative estimate of drug-likeness (QED) is 0.789. The smallest absolute Gasteiger partial charge is 0.106 e. The third kappa shape index (κ3) is 5.05. The van der Waals surface area contributed by atoms with E-state index in [1.165, 1.54) is 0 Å². The van der Waals surface area contributed by atoms with E-state index in [9.17, 15) is 0 Å². The molecule has 3 nitrogen and oxygen atoms in total. The molecule has 1 aromatic rings. The molecule has 1 rings (SSSR count). The summed E-state index contributed by atoms with van der Waals surface area (Å²) in [7, 11) is 0. The van der Waals surface area contributed by atoms with Gasteiger partial charge in [-0.25, -0.2) is 4.98 Å². The van der Waals surface area contributed by atoms with Crippen molar-refractivity contribution in [2.45, 2.75) is 26.8 Å². The van der Waals surface area contributed by atoms with E-state index < -0.39 is 0 Å². The maximum absolute atomic E-state index is 8.91. The standard InChI is InChI=1S/C12H19BrN2O/c1-12(2,6-7-16)9-14-8-10-4-3-5-11(13)15-10/h3-5,14,16H,6-9H2,1-2H3. The zero-order valence-electron chi connectivity index (χ0n) is 9.83. The molecule has 0 bridgehead atoms. The highest BCUT2D eigenvalue weighted by Crippen LogP contribution is 2.18. The number of halogens is 1. The monoisotopic (exact) mass is 286 g/mol. The van der Waals surface area contributed by atoms with Crippen molar-refractivity contribution in [2.75, 3.05) is 13.2 Å². The molecule has 0 aliphatic carbocycles. The van der Waals surface area contributed by atoms with Crippen LogP contribution < -0.4 is 5.32 Å². The second-order valence-electron chi connectivity index (χ2n) is 4.69. The Kier molecular flexibility index (Phi) is 5.38. The second-order valence-corrected chi connectivity index (χ2v) is 5.51. The number of nitrogens with zero attached hydrogens (tertiary/aromatic N) is 1. The first-order chi connectivity index (χ1) is 7.53. The Morgan fingerprint density at radius 1 is 1.44 bits per heavy atom. The van der Waals surface area contributed by atoms with E-state index in [4.69, 9.17) is 5.11 Å². The SMILES string of the molecule is CC(C)(CCO)CNCc1cccc(Br)n1. The highest BCUT2D eigenvalue weighted by atomic mass is 79.9. The lowest BCUT2D eigenvalue weighted by molar-refractivity contribution is 0.207. The summed E-state index contributed by atoms with van der Waals surface area (Å²) in [5, 5.41) is 12.3. The predicted molar refractivity (Wildman–Crippen MR) is 69.1 cm³/mol. The second kappa shape index (κ2) is 6.33. The summed E-state index contributed by atoms with van der Waals surface area (Å²) in [6, 6.07) is 5.89. The van der Waals surface area contributed by atoms with E-state index in [0.29, 0.717) is 0 Å². The molecule has 16 heavy (non-hydrogen) atoms. The van der Waals surface area contributed by atoms with Gasteiger partial charge in [0, 0.05) is 19.7 Å².